The van der Waals surface area contributed by atoms with E-state index in [1.54, 1.807) is 31.2 Å². The Morgan fingerprint density at radius 1 is 1.32 bits per heavy atom. The number of nitrogens with zero attached hydrogens (tertiary/aromatic N) is 3. The fourth-order valence-electron chi connectivity index (χ4n) is 1.93. The number of hydrogen-bond donors (Lipinski definition) is 1. The van der Waals surface area contributed by atoms with E-state index in [0.29, 0.717) is 22.3 Å². The summed E-state index contributed by atoms with van der Waals surface area (Å²) < 4.78 is 13.4. The molecule has 6 nitrogen and oxygen atoms in total. The number of para-hydroxylation sites is 1. The van der Waals surface area contributed by atoms with Gasteiger partial charge in [0, 0.05) is 5.69 Å². The van der Waals surface area contributed by atoms with Gasteiger partial charge in [-0.1, -0.05) is 23.0 Å². The van der Waals surface area contributed by atoms with Crippen molar-refractivity contribution in [2.45, 2.75) is 6.92 Å². The quantitative estimate of drug-likeness (QED) is 0.799. The van der Waals surface area contributed by atoms with Gasteiger partial charge in [0.25, 0.3) is 5.91 Å². The monoisotopic (exact) mass is 300 g/mol. The minimum absolute atomic E-state index is 0.261. The Hall–Kier alpha value is -2.96. The van der Waals surface area contributed by atoms with Gasteiger partial charge in [0.2, 0.25) is 0 Å². The van der Waals surface area contributed by atoms with Gasteiger partial charge >= 0.3 is 0 Å². The number of carbonyl (C=O) groups is 1. The Bertz CT molecular complexity index is 831. The third kappa shape index (κ3) is 2.88. The SMILES string of the molecule is Cc1ccc(NC(=O)COn2nnc3ccccc32)cc1F. The Balaban J connectivity index is 1.63. The number of nitrogens with one attached hydrogen (secondary N) is 1. The van der Waals surface area contributed by atoms with Crippen LogP contribution in [0.15, 0.2) is 42.5 Å². The molecule has 2 aromatic carbocycles. The zero-order chi connectivity index (χ0) is 15.5. The predicted molar refractivity (Wildman–Crippen MR) is 78.7 cm³/mol. The predicted octanol–water partition coefficient (Wildman–Crippen LogP) is 1.95. The van der Waals surface area contributed by atoms with Gasteiger partial charge in [-0.25, -0.2) is 4.39 Å². The molecule has 0 saturated carbocycles. The molecule has 0 atom stereocenters. The summed E-state index contributed by atoms with van der Waals surface area (Å²) in [4.78, 5) is 18.3. The number of anilines is 1. The number of aryl methyl sites for hydroxylation is 1. The molecular weight excluding hydrogens is 287 g/mol. The van der Waals surface area contributed by atoms with Crippen molar-refractivity contribution in [3.05, 3.63) is 53.8 Å². The lowest BCUT2D eigenvalue weighted by atomic mass is 10.2. The number of carbonyl (C=O) groups excluding carboxylic acids is 1. The van der Waals surface area contributed by atoms with Crippen LogP contribution in [0.5, 0.6) is 0 Å². The topological polar surface area (TPSA) is 69.0 Å². The maximum absolute atomic E-state index is 13.4. The van der Waals surface area contributed by atoms with Crippen molar-refractivity contribution in [2.24, 2.45) is 0 Å². The molecule has 0 saturated heterocycles. The van der Waals surface area contributed by atoms with E-state index in [-0.39, 0.29) is 12.4 Å². The Morgan fingerprint density at radius 3 is 2.95 bits per heavy atom. The Labute approximate surface area is 125 Å². The molecule has 0 aliphatic rings. The van der Waals surface area contributed by atoms with Crippen molar-refractivity contribution in [3.63, 3.8) is 0 Å². The minimum Gasteiger partial charge on any atom is -0.385 e. The van der Waals surface area contributed by atoms with E-state index >= 15 is 0 Å². The average molecular weight is 300 g/mol. The molecule has 0 radical (unpaired) electrons. The lowest BCUT2D eigenvalue weighted by Crippen LogP contribution is -2.26. The summed E-state index contributed by atoms with van der Waals surface area (Å²) in [6.07, 6.45) is 0. The van der Waals surface area contributed by atoms with Crippen LogP contribution in [0.3, 0.4) is 0 Å². The van der Waals surface area contributed by atoms with Crippen LogP contribution in [-0.2, 0) is 4.79 Å². The van der Waals surface area contributed by atoms with Crippen molar-refractivity contribution in [2.75, 3.05) is 11.9 Å². The molecule has 3 aromatic rings. The molecule has 7 heteroatoms. The average Bonchev–Trinajstić information content (AvgIpc) is 2.92. The van der Waals surface area contributed by atoms with E-state index in [0.717, 1.165) is 0 Å². The van der Waals surface area contributed by atoms with Crippen molar-refractivity contribution in [1.82, 2.24) is 15.2 Å². The minimum atomic E-state index is -0.414. The van der Waals surface area contributed by atoms with E-state index in [2.05, 4.69) is 15.6 Å². The van der Waals surface area contributed by atoms with Gasteiger partial charge in [-0.3, -0.25) is 4.79 Å². The summed E-state index contributed by atoms with van der Waals surface area (Å²) in [6, 6.07) is 11.7. The van der Waals surface area contributed by atoms with Crippen molar-refractivity contribution < 1.29 is 14.0 Å². The molecule has 0 fully saturated rings. The van der Waals surface area contributed by atoms with E-state index in [4.69, 9.17) is 4.84 Å². The second kappa shape index (κ2) is 5.80. The number of aromatic nitrogens is 3. The van der Waals surface area contributed by atoms with Gasteiger partial charge < -0.3 is 10.2 Å². The summed E-state index contributed by atoms with van der Waals surface area (Å²) in [6.45, 7) is 1.39. The van der Waals surface area contributed by atoms with Gasteiger partial charge in [0.15, 0.2) is 6.61 Å². The molecule has 1 aromatic heterocycles. The zero-order valence-corrected chi connectivity index (χ0v) is 11.8. The molecule has 0 spiro atoms. The lowest BCUT2D eigenvalue weighted by molar-refractivity contribution is -0.121. The van der Waals surface area contributed by atoms with Gasteiger partial charge in [0.1, 0.15) is 16.9 Å². The number of amides is 1. The maximum atomic E-state index is 13.4. The summed E-state index contributed by atoms with van der Waals surface area (Å²) in [5.41, 5.74) is 2.23. The molecule has 0 aliphatic heterocycles. The summed E-state index contributed by atoms with van der Waals surface area (Å²) in [7, 11) is 0. The molecule has 1 heterocycles. The first kappa shape index (κ1) is 14.0. The summed E-state index contributed by atoms with van der Waals surface area (Å²) in [5.74, 6) is -0.788. The highest BCUT2D eigenvalue weighted by molar-refractivity contribution is 5.91. The molecule has 1 amide bonds. The first-order chi connectivity index (χ1) is 10.6. The van der Waals surface area contributed by atoms with Gasteiger partial charge in [-0.15, -0.1) is 5.10 Å². The number of rotatable bonds is 4. The fourth-order valence-corrected chi connectivity index (χ4v) is 1.93. The molecule has 1 N–H and O–H groups in total. The van der Waals surface area contributed by atoms with Crippen LogP contribution < -0.4 is 10.2 Å². The largest absolute Gasteiger partial charge is 0.385 e. The molecule has 0 aliphatic carbocycles. The normalized spacial score (nSPS) is 10.6. The summed E-state index contributed by atoms with van der Waals surface area (Å²) >= 11 is 0. The van der Waals surface area contributed by atoms with E-state index in [1.807, 2.05) is 12.1 Å². The molecule has 0 unspecified atom stereocenters. The Kier molecular flexibility index (Phi) is 3.69. The zero-order valence-electron chi connectivity index (χ0n) is 11.8. The molecule has 112 valence electrons. The Morgan fingerprint density at radius 2 is 2.14 bits per heavy atom. The van der Waals surface area contributed by atoms with Crippen LogP contribution in [-0.4, -0.2) is 27.7 Å². The highest BCUT2D eigenvalue weighted by Crippen LogP contribution is 2.13. The molecular formula is C15H13FN4O2. The van der Waals surface area contributed by atoms with E-state index in [1.165, 1.54) is 10.9 Å². The van der Waals surface area contributed by atoms with Crippen LogP contribution in [0, 0.1) is 12.7 Å². The van der Waals surface area contributed by atoms with Crippen LogP contribution in [0.25, 0.3) is 11.0 Å². The maximum Gasteiger partial charge on any atom is 0.265 e. The van der Waals surface area contributed by atoms with Crippen LogP contribution in [0.2, 0.25) is 0 Å². The highest BCUT2D eigenvalue weighted by Gasteiger charge is 2.08. The van der Waals surface area contributed by atoms with Crippen LogP contribution in [0.4, 0.5) is 10.1 Å². The second-order valence-electron chi connectivity index (χ2n) is 4.74. The second-order valence-corrected chi connectivity index (χ2v) is 4.74. The van der Waals surface area contributed by atoms with Crippen molar-refractivity contribution in [1.29, 1.82) is 0 Å². The van der Waals surface area contributed by atoms with E-state index < -0.39 is 5.91 Å². The standard InChI is InChI=1S/C15H13FN4O2/c1-10-6-7-11(8-12(10)16)17-15(21)9-22-20-14-5-3-2-4-13(14)18-19-20/h2-8H,9H2,1H3,(H,17,21). The number of benzene rings is 2. The van der Waals surface area contributed by atoms with Crippen LogP contribution in [0.1, 0.15) is 5.56 Å². The highest BCUT2D eigenvalue weighted by atomic mass is 19.1. The summed E-state index contributed by atoms with van der Waals surface area (Å²) in [5, 5.41) is 10.3. The van der Waals surface area contributed by atoms with Crippen LogP contribution >= 0.6 is 0 Å². The lowest BCUT2D eigenvalue weighted by Gasteiger charge is -2.07. The molecule has 22 heavy (non-hydrogen) atoms. The van der Waals surface area contributed by atoms with Crippen molar-refractivity contribution in [3.8, 4) is 0 Å². The third-order valence-corrected chi connectivity index (χ3v) is 3.10. The van der Waals surface area contributed by atoms with Gasteiger partial charge in [0.05, 0.1) is 0 Å². The van der Waals surface area contributed by atoms with Gasteiger partial charge in [-0.2, -0.15) is 0 Å². The third-order valence-electron chi connectivity index (χ3n) is 3.10. The number of halogens is 1. The van der Waals surface area contributed by atoms with Gasteiger partial charge in [-0.05, 0) is 42.0 Å². The first-order valence-corrected chi connectivity index (χ1v) is 6.63. The molecule has 3 rings (SSSR count). The smallest absolute Gasteiger partial charge is 0.265 e. The number of hydrogen-bond acceptors (Lipinski definition) is 4. The fraction of sp³-hybridized carbons (Fsp3) is 0.133. The number of fused-ring (bicyclic) bond motifs is 1. The van der Waals surface area contributed by atoms with E-state index in [9.17, 15) is 9.18 Å². The molecule has 0 bridgehead atoms. The first-order valence-electron chi connectivity index (χ1n) is 6.63. The van der Waals surface area contributed by atoms with Crippen molar-refractivity contribution >= 4 is 22.6 Å².